The van der Waals surface area contributed by atoms with Gasteiger partial charge in [-0.05, 0) is 88.8 Å². The van der Waals surface area contributed by atoms with Crippen molar-refractivity contribution < 1.29 is 0 Å². The number of nitrogens with one attached hydrogen (secondary N) is 1. The van der Waals surface area contributed by atoms with Gasteiger partial charge in [0, 0.05) is 20.8 Å². The number of hydrogen-bond donors (Lipinski definition) is 1. The number of rotatable bonds is 6. The average Bonchev–Trinajstić information content (AvgIpc) is 3.29. The summed E-state index contributed by atoms with van der Waals surface area (Å²) in [5.41, 5.74) is 1.53. The van der Waals surface area contributed by atoms with Gasteiger partial charge in [-0.3, -0.25) is 0 Å². The molecule has 0 spiro atoms. The van der Waals surface area contributed by atoms with Crippen LogP contribution in [0.15, 0.2) is 48.5 Å². The first-order chi connectivity index (χ1) is 17.8. The Morgan fingerprint density at radius 2 is 1.66 bits per heavy atom. The molecule has 1 aliphatic carbocycles. The van der Waals surface area contributed by atoms with Crippen LogP contribution in [0.25, 0.3) is 6.08 Å². The Morgan fingerprint density at radius 1 is 0.974 bits per heavy atom. The first-order valence-corrected chi connectivity index (χ1v) is 14.4. The molecule has 3 aromatic rings. The molecule has 1 saturated carbocycles. The van der Waals surface area contributed by atoms with Crippen molar-refractivity contribution in [3.8, 4) is 0 Å². The van der Waals surface area contributed by atoms with Crippen molar-refractivity contribution in [3.63, 3.8) is 0 Å². The number of hydrogen-bond acceptors (Lipinski definition) is 4. The quantitative estimate of drug-likeness (QED) is 0.318. The Labute approximate surface area is 241 Å². The minimum atomic E-state index is -0.425. The summed E-state index contributed by atoms with van der Waals surface area (Å²) in [5.74, 6) is 1.48. The van der Waals surface area contributed by atoms with E-state index in [4.69, 9.17) is 34.8 Å². The second-order valence-corrected chi connectivity index (χ2v) is 13.9. The fourth-order valence-electron chi connectivity index (χ4n) is 5.49. The fraction of sp³-hybridized carbons (Fsp3) is 0.500. The molecule has 2 aromatic carbocycles. The molecular weight excluding hydrogens is 537 g/mol. The topological polar surface area (TPSA) is 55.6 Å². The Hall–Kier alpha value is -2.08. The van der Waals surface area contributed by atoms with Gasteiger partial charge in [0.1, 0.15) is 0 Å². The van der Waals surface area contributed by atoms with Crippen molar-refractivity contribution >= 4 is 46.6 Å². The number of aromatic nitrogens is 4. The fourth-order valence-corrected chi connectivity index (χ4v) is 6.15. The van der Waals surface area contributed by atoms with Crippen LogP contribution >= 0.6 is 34.8 Å². The zero-order valence-electron chi connectivity index (χ0n) is 23.1. The highest BCUT2D eigenvalue weighted by Crippen LogP contribution is 2.47. The number of anilines is 1. The van der Waals surface area contributed by atoms with E-state index in [0.717, 1.165) is 42.8 Å². The average molecular weight is 575 g/mol. The van der Waals surface area contributed by atoms with Gasteiger partial charge in [0.2, 0.25) is 0 Å². The maximum Gasteiger partial charge on any atom is 0.177 e. The van der Waals surface area contributed by atoms with Crippen molar-refractivity contribution in [3.05, 3.63) is 75.0 Å². The highest BCUT2D eigenvalue weighted by Gasteiger charge is 2.45. The first-order valence-electron chi connectivity index (χ1n) is 13.2. The lowest BCUT2D eigenvalue weighted by molar-refractivity contribution is 0.133. The van der Waals surface area contributed by atoms with Gasteiger partial charge in [-0.25, -0.2) is 4.68 Å². The lowest BCUT2D eigenvalue weighted by Gasteiger charge is -2.45. The third-order valence-corrected chi connectivity index (χ3v) is 8.56. The van der Waals surface area contributed by atoms with Crippen LogP contribution in [0.1, 0.15) is 84.7 Å². The summed E-state index contributed by atoms with van der Waals surface area (Å²) in [5, 5.41) is 19.2. The number of allylic oxidation sites excluding steroid dienone is 1. The second-order valence-electron chi connectivity index (χ2n) is 12.6. The van der Waals surface area contributed by atoms with Gasteiger partial charge < -0.3 is 5.32 Å². The van der Waals surface area contributed by atoms with Crippen molar-refractivity contribution in [1.82, 2.24) is 20.2 Å². The van der Waals surface area contributed by atoms with E-state index in [1.807, 2.05) is 41.1 Å². The third kappa shape index (κ3) is 6.55. The van der Waals surface area contributed by atoms with Gasteiger partial charge in [0.15, 0.2) is 5.82 Å². The third-order valence-electron chi connectivity index (χ3n) is 7.76. The number of tetrazole rings is 1. The van der Waals surface area contributed by atoms with E-state index in [2.05, 4.69) is 74.5 Å². The molecule has 1 N–H and O–H groups in total. The standard InChI is InChI=1S/C30H38Cl3N5/c1-28(2,3)21-14-16-30(17-15-21,34-24-9-7-8-22(31)18-24)27-35-36-37-38(27)26(29(4,5)6)13-11-20-10-12-23(32)19-25(20)33/h7-13,18-19,21,26,34H,14-17H2,1-6H3/b13-11-/t21?,26-,30?/m1/s1. The van der Waals surface area contributed by atoms with E-state index in [1.165, 1.54) is 0 Å². The molecule has 1 atom stereocenters. The Balaban J connectivity index is 1.76. The number of halogens is 3. The molecule has 38 heavy (non-hydrogen) atoms. The molecule has 8 heteroatoms. The minimum absolute atomic E-state index is 0.113. The highest BCUT2D eigenvalue weighted by atomic mass is 35.5. The van der Waals surface area contributed by atoms with Gasteiger partial charge in [0.05, 0.1) is 11.6 Å². The van der Waals surface area contributed by atoms with Crippen LogP contribution < -0.4 is 5.32 Å². The normalized spacial score (nSPS) is 21.6. The molecule has 204 valence electrons. The summed E-state index contributed by atoms with van der Waals surface area (Å²) in [7, 11) is 0. The molecule has 0 unspecified atom stereocenters. The van der Waals surface area contributed by atoms with E-state index >= 15 is 0 Å². The molecule has 0 saturated heterocycles. The summed E-state index contributed by atoms with van der Waals surface area (Å²) in [6, 6.07) is 13.3. The van der Waals surface area contributed by atoms with Gasteiger partial charge in [-0.1, -0.05) is 101 Å². The molecule has 1 fully saturated rings. The van der Waals surface area contributed by atoms with E-state index in [9.17, 15) is 0 Å². The summed E-state index contributed by atoms with van der Waals surface area (Å²) in [6.45, 7) is 13.6. The molecule has 0 amide bonds. The predicted molar refractivity (Wildman–Crippen MR) is 160 cm³/mol. The number of nitrogens with zero attached hydrogens (tertiary/aromatic N) is 4. The van der Waals surface area contributed by atoms with Crippen molar-refractivity contribution in [2.24, 2.45) is 16.7 Å². The lowest BCUT2D eigenvalue weighted by Crippen LogP contribution is -2.44. The van der Waals surface area contributed by atoms with Crippen LogP contribution in [0.4, 0.5) is 5.69 Å². The lowest BCUT2D eigenvalue weighted by atomic mass is 9.67. The van der Waals surface area contributed by atoms with Crippen LogP contribution in [-0.2, 0) is 5.54 Å². The Morgan fingerprint density at radius 3 is 2.26 bits per heavy atom. The summed E-state index contributed by atoms with van der Waals surface area (Å²) in [4.78, 5) is 0. The van der Waals surface area contributed by atoms with Gasteiger partial charge in [0.25, 0.3) is 0 Å². The van der Waals surface area contributed by atoms with E-state index in [0.29, 0.717) is 21.0 Å². The molecule has 0 aliphatic heterocycles. The van der Waals surface area contributed by atoms with Crippen LogP contribution in [0.5, 0.6) is 0 Å². The van der Waals surface area contributed by atoms with Crippen molar-refractivity contribution in [2.75, 3.05) is 5.32 Å². The zero-order chi connectivity index (χ0) is 27.7. The van der Waals surface area contributed by atoms with Crippen LogP contribution in [0.3, 0.4) is 0 Å². The maximum absolute atomic E-state index is 6.48. The maximum atomic E-state index is 6.48. The van der Waals surface area contributed by atoms with Crippen LogP contribution in [-0.4, -0.2) is 20.2 Å². The van der Waals surface area contributed by atoms with Gasteiger partial charge in [-0.15, -0.1) is 5.10 Å². The SMILES string of the molecule is CC(C)(C)C1CCC(Nc2cccc(Cl)c2)(c2nnnn2[C@H](/C=C\c2ccc(Cl)cc2Cl)C(C)(C)C)CC1. The molecule has 5 nitrogen and oxygen atoms in total. The minimum Gasteiger partial charge on any atom is -0.373 e. The largest absolute Gasteiger partial charge is 0.373 e. The predicted octanol–water partition coefficient (Wildman–Crippen LogP) is 9.48. The molecule has 1 heterocycles. The smallest absolute Gasteiger partial charge is 0.177 e. The van der Waals surface area contributed by atoms with Crippen LogP contribution in [0, 0.1) is 16.7 Å². The van der Waals surface area contributed by atoms with E-state index in [-0.39, 0.29) is 16.9 Å². The van der Waals surface area contributed by atoms with Crippen LogP contribution in [0.2, 0.25) is 15.1 Å². The van der Waals surface area contributed by atoms with Gasteiger partial charge in [-0.2, -0.15) is 0 Å². The van der Waals surface area contributed by atoms with E-state index < -0.39 is 5.54 Å². The first kappa shape index (κ1) is 28.9. The zero-order valence-corrected chi connectivity index (χ0v) is 25.4. The second kappa shape index (κ2) is 11.2. The molecule has 0 bridgehead atoms. The highest BCUT2D eigenvalue weighted by molar-refractivity contribution is 6.35. The number of benzene rings is 2. The molecule has 1 aliphatic rings. The summed E-state index contributed by atoms with van der Waals surface area (Å²) < 4.78 is 2.00. The van der Waals surface area contributed by atoms with E-state index in [1.54, 1.807) is 6.07 Å². The molecule has 1 aromatic heterocycles. The van der Waals surface area contributed by atoms with Gasteiger partial charge >= 0.3 is 0 Å². The monoisotopic (exact) mass is 573 g/mol. The van der Waals surface area contributed by atoms with Crippen molar-refractivity contribution in [1.29, 1.82) is 0 Å². The van der Waals surface area contributed by atoms with Crippen molar-refractivity contribution in [2.45, 2.75) is 78.8 Å². The summed E-state index contributed by atoms with van der Waals surface area (Å²) in [6.07, 6.45) is 8.19. The summed E-state index contributed by atoms with van der Waals surface area (Å²) >= 11 is 19.0. The molecular formula is C30H38Cl3N5. The molecule has 0 radical (unpaired) electrons. The Bertz CT molecular complexity index is 1280. The molecule has 4 rings (SSSR count). The Kier molecular flexibility index (Phi) is 8.52.